The van der Waals surface area contributed by atoms with E-state index in [0.29, 0.717) is 19.0 Å². The lowest BCUT2D eigenvalue weighted by atomic mass is 9.74. The van der Waals surface area contributed by atoms with Crippen LogP contribution in [0.3, 0.4) is 0 Å². The lowest BCUT2D eigenvalue weighted by molar-refractivity contribution is -0.00188. The Bertz CT molecular complexity index is 296. The lowest BCUT2D eigenvalue weighted by Crippen LogP contribution is -2.48. The summed E-state index contributed by atoms with van der Waals surface area (Å²) in [6, 6.07) is 0. The largest absolute Gasteiger partial charge is 0.444 e. The van der Waals surface area contributed by atoms with Crippen molar-refractivity contribution >= 4 is 6.09 Å². The Morgan fingerprint density at radius 3 is 2.58 bits per heavy atom. The van der Waals surface area contributed by atoms with Gasteiger partial charge in [-0.25, -0.2) is 4.79 Å². The maximum Gasteiger partial charge on any atom is 0.407 e. The molecule has 0 bridgehead atoms. The molecule has 1 saturated heterocycles. The van der Waals surface area contributed by atoms with Crippen molar-refractivity contribution in [1.82, 2.24) is 5.32 Å². The molecule has 0 aliphatic carbocycles. The molecule has 2 atom stereocenters. The predicted octanol–water partition coefficient (Wildman–Crippen LogP) is 1.90. The zero-order valence-electron chi connectivity index (χ0n) is 12.6. The zero-order valence-corrected chi connectivity index (χ0v) is 12.6. The van der Waals surface area contributed by atoms with Gasteiger partial charge in [0.1, 0.15) is 5.60 Å². The fraction of sp³-hybridized carbons (Fsp3) is 0.929. The molecule has 1 heterocycles. The fourth-order valence-electron chi connectivity index (χ4n) is 2.26. The summed E-state index contributed by atoms with van der Waals surface area (Å²) in [5.41, 5.74) is 5.29. The summed E-state index contributed by atoms with van der Waals surface area (Å²) >= 11 is 0. The highest BCUT2D eigenvalue weighted by molar-refractivity contribution is 5.67. The van der Waals surface area contributed by atoms with Crippen molar-refractivity contribution in [1.29, 1.82) is 0 Å². The number of carbonyl (C=O) groups excluding carboxylic acids is 1. The third-order valence-corrected chi connectivity index (χ3v) is 3.65. The molecule has 5 nitrogen and oxygen atoms in total. The third kappa shape index (κ3) is 5.37. The molecule has 0 aromatic carbocycles. The number of nitrogens with one attached hydrogen (secondary N) is 1. The quantitative estimate of drug-likeness (QED) is 0.820. The van der Waals surface area contributed by atoms with E-state index in [0.717, 1.165) is 26.1 Å². The fourth-order valence-corrected chi connectivity index (χ4v) is 2.26. The van der Waals surface area contributed by atoms with Crippen molar-refractivity contribution in [3.63, 3.8) is 0 Å². The van der Waals surface area contributed by atoms with E-state index >= 15 is 0 Å². The Kier molecular flexibility index (Phi) is 5.62. The van der Waals surface area contributed by atoms with Gasteiger partial charge in [-0.05, 0) is 46.1 Å². The van der Waals surface area contributed by atoms with E-state index in [1.54, 1.807) is 0 Å². The first-order valence-corrected chi connectivity index (χ1v) is 7.01. The third-order valence-electron chi connectivity index (χ3n) is 3.65. The van der Waals surface area contributed by atoms with Crippen molar-refractivity contribution in [3.8, 4) is 0 Å². The molecule has 112 valence electrons. The number of ether oxygens (including phenoxy) is 2. The molecule has 1 fully saturated rings. The molecule has 0 aromatic rings. The second-order valence-corrected chi connectivity index (χ2v) is 6.63. The molecule has 5 heteroatoms. The Morgan fingerprint density at radius 1 is 1.42 bits per heavy atom. The number of hydrogen-bond acceptors (Lipinski definition) is 4. The zero-order chi connectivity index (χ0) is 14.5. The van der Waals surface area contributed by atoms with Crippen LogP contribution in [0.1, 0.15) is 40.5 Å². The van der Waals surface area contributed by atoms with Gasteiger partial charge in [0.15, 0.2) is 0 Å². The van der Waals surface area contributed by atoms with Crippen LogP contribution in [0.25, 0.3) is 0 Å². The molecule has 0 radical (unpaired) electrons. The summed E-state index contributed by atoms with van der Waals surface area (Å²) in [7, 11) is 0. The number of amides is 1. The van der Waals surface area contributed by atoms with Crippen molar-refractivity contribution < 1.29 is 14.3 Å². The summed E-state index contributed by atoms with van der Waals surface area (Å²) in [6.45, 7) is 10.3. The van der Waals surface area contributed by atoms with Crippen LogP contribution in [0.2, 0.25) is 0 Å². The Hall–Kier alpha value is -0.810. The molecule has 1 amide bonds. The molecule has 1 aliphatic heterocycles. The summed E-state index contributed by atoms with van der Waals surface area (Å²) in [6.07, 6.45) is 1.78. The van der Waals surface area contributed by atoms with Crippen LogP contribution in [0.4, 0.5) is 4.79 Å². The Morgan fingerprint density at radius 2 is 2.11 bits per heavy atom. The normalized spacial score (nSPS) is 23.5. The van der Waals surface area contributed by atoms with Gasteiger partial charge in [-0.2, -0.15) is 0 Å². The molecule has 0 spiro atoms. The first-order valence-electron chi connectivity index (χ1n) is 7.01. The van der Waals surface area contributed by atoms with Gasteiger partial charge in [0, 0.05) is 18.6 Å². The number of nitrogens with two attached hydrogens (primary N) is 1. The summed E-state index contributed by atoms with van der Waals surface area (Å²) in [5, 5.41) is 2.83. The smallest absolute Gasteiger partial charge is 0.407 e. The van der Waals surface area contributed by atoms with E-state index < -0.39 is 5.60 Å². The Balaban J connectivity index is 2.48. The van der Waals surface area contributed by atoms with Crippen molar-refractivity contribution in [3.05, 3.63) is 0 Å². The molecule has 1 aliphatic rings. The number of alkyl carbamates (subject to hydrolysis) is 1. The van der Waals surface area contributed by atoms with Crippen LogP contribution in [0.5, 0.6) is 0 Å². The predicted molar refractivity (Wildman–Crippen MR) is 74.9 cm³/mol. The van der Waals surface area contributed by atoms with E-state index in [1.165, 1.54) is 0 Å². The first-order chi connectivity index (χ1) is 8.77. The van der Waals surface area contributed by atoms with Crippen LogP contribution in [-0.4, -0.2) is 38.0 Å². The van der Waals surface area contributed by atoms with E-state index in [9.17, 15) is 4.79 Å². The summed E-state index contributed by atoms with van der Waals surface area (Å²) < 4.78 is 10.8. The van der Waals surface area contributed by atoms with Crippen LogP contribution in [0.15, 0.2) is 0 Å². The van der Waals surface area contributed by atoms with Crippen molar-refractivity contribution in [2.75, 3.05) is 26.3 Å². The minimum absolute atomic E-state index is 0.142. The second-order valence-electron chi connectivity index (χ2n) is 6.63. The van der Waals surface area contributed by atoms with E-state index in [1.807, 2.05) is 20.8 Å². The van der Waals surface area contributed by atoms with Gasteiger partial charge in [0.25, 0.3) is 0 Å². The molecule has 3 N–H and O–H groups in total. The standard InChI is InChI=1S/C14H28N2O3/c1-13(2,3)19-12(17)16-10-14(4,9-15)11-6-5-7-18-8-11/h11H,5-10,15H2,1-4H3,(H,16,17). The van der Waals surface area contributed by atoms with Crippen LogP contribution < -0.4 is 11.1 Å². The highest BCUT2D eigenvalue weighted by Crippen LogP contribution is 2.32. The van der Waals surface area contributed by atoms with Crippen LogP contribution >= 0.6 is 0 Å². The van der Waals surface area contributed by atoms with Gasteiger partial charge in [-0.3, -0.25) is 0 Å². The van der Waals surface area contributed by atoms with E-state index in [-0.39, 0.29) is 11.5 Å². The maximum atomic E-state index is 11.7. The summed E-state index contributed by atoms with van der Waals surface area (Å²) in [5.74, 6) is 0.390. The van der Waals surface area contributed by atoms with Crippen LogP contribution in [-0.2, 0) is 9.47 Å². The molecule has 2 unspecified atom stereocenters. The topological polar surface area (TPSA) is 73.6 Å². The number of hydrogen-bond donors (Lipinski definition) is 2. The minimum Gasteiger partial charge on any atom is -0.444 e. The van der Waals surface area contributed by atoms with Crippen molar-refractivity contribution in [2.45, 2.75) is 46.1 Å². The molecular formula is C14H28N2O3. The summed E-state index contributed by atoms with van der Waals surface area (Å²) in [4.78, 5) is 11.7. The highest BCUT2D eigenvalue weighted by atomic mass is 16.6. The highest BCUT2D eigenvalue weighted by Gasteiger charge is 2.35. The van der Waals surface area contributed by atoms with E-state index in [4.69, 9.17) is 15.2 Å². The van der Waals surface area contributed by atoms with Gasteiger partial charge in [0.2, 0.25) is 0 Å². The number of rotatable bonds is 4. The molecule has 0 saturated carbocycles. The van der Waals surface area contributed by atoms with Gasteiger partial charge < -0.3 is 20.5 Å². The molecule has 0 aromatic heterocycles. The molecular weight excluding hydrogens is 244 g/mol. The van der Waals surface area contributed by atoms with Gasteiger partial charge in [-0.15, -0.1) is 0 Å². The number of carbonyl (C=O) groups is 1. The average molecular weight is 272 g/mol. The average Bonchev–Trinajstić information content (AvgIpc) is 2.35. The molecule has 1 rings (SSSR count). The second kappa shape index (κ2) is 6.57. The lowest BCUT2D eigenvalue weighted by Gasteiger charge is -2.39. The first kappa shape index (κ1) is 16.2. The van der Waals surface area contributed by atoms with Crippen molar-refractivity contribution in [2.24, 2.45) is 17.1 Å². The SMILES string of the molecule is CC(C)(C)OC(=O)NCC(C)(CN)C1CCCOC1. The minimum atomic E-state index is -0.475. The van der Waals surface area contributed by atoms with E-state index in [2.05, 4.69) is 12.2 Å². The van der Waals surface area contributed by atoms with Gasteiger partial charge in [-0.1, -0.05) is 6.92 Å². The molecule has 19 heavy (non-hydrogen) atoms. The van der Waals surface area contributed by atoms with Crippen LogP contribution in [0, 0.1) is 11.3 Å². The van der Waals surface area contributed by atoms with Gasteiger partial charge >= 0.3 is 6.09 Å². The monoisotopic (exact) mass is 272 g/mol. The maximum absolute atomic E-state index is 11.7. The Labute approximate surface area is 116 Å². The van der Waals surface area contributed by atoms with Gasteiger partial charge in [0.05, 0.1) is 6.61 Å².